The highest BCUT2D eigenvalue weighted by Crippen LogP contribution is 2.22. The van der Waals surface area contributed by atoms with Crippen LogP contribution in [0.15, 0.2) is 23.4 Å². The quantitative estimate of drug-likeness (QED) is 0.706. The van der Waals surface area contributed by atoms with Gasteiger partial charge in [0, 0.05) is 5.75 Å². The van der Waals surface area contributed by atoms with Crippen molar-refractivity contribution in [2.45, 2.75) is 5.75 Å². The van der Waals surface area contributed by atoms with Crippen LogP contribution in [0, 0.1) is 10.7 Å². The van der Waals surface area contributed by atoms with Crippen molar-refractivity contribution in [3.63, 3.8) is 0 Å². The Hall–Kier alpha value is -0.610. The van der Waals surface area contributed by atoms with Gasteiger partial charge < -0.3 is 0 Å². The second-order valence-corrected chi connectivity index (χ2v) is 3.29. The number of benzene rings is 1. The molecule has 0 heterocycles. The summed E-state index contributed by atoms with van der Waals surface area (Å²) in [4.78, 5) is 10.1. The van der Waals surface area contributed by atoms with E-state index < -0.39 is 5.82 Å². The molecule has 0 N–H and O–H groups in total. The molecule has 0 aromatic heterocycles. The minimum atomic E-state index is -0.603. The maximum atomic E-state index is 12.7. The summed E-state index contributed by atoms with van der Waals surface area (Å²) in [5, 5.41) is 2.54. The highest BCUT2D eigenvalue weighted by Gasteiger charge is 2.02. The molecule has 0 unspecified atom stereocenters. The Bertz CT molecular complexity index is 295. The van der Waals surface area contributed by atoms with E-state index in [0.717, 1.165) is 16.5 Å². The Kier molecular flexibility index (Phi) is 3.49. The lowest BCUT2D eigenvalue weighted by Gasteiger charge is -1.97. The molecule has 0 saturated heterocycles. The number of nitroso groups, excluding NO2 is 1. The van der Waals surface area contributed by atoms with Gasteiger partial charge >= 0.3 is 0 Å². The van der Waals surface area contributed by atoms with Crippen LogP contribution in [0.4, 0.5) is 10.1 Å². The van der Waals surface area contributed by atoms with E-state index in [1.807, 2.05) is 0 Å². The summed E-state index contributed by atoms with van der Waals surface area (Å²) in [7, 11) is 6.47. The second kappa shape index (κ2) is 4.42. The predicted molar refractivity (Wildman–Crippen MR) is 49.0 cm³/mol. The van der Waals surface area contributed by atoms with E-state index in [-0.39, 0.29) is 5.69 Å². The summed E-state index contributed by atoms with van der Waals surface area (Å²) in [6.45, 7) is 0. The van der Waals surface area contributed by atoms with Crippen LogP contribution < -0.4 is 0 Å². The van der Waals surface area contributed by atoms with Crippen LogP contribution in [-0.2, 0) is 5.75 Å². The zero-order valence-corrected chi connectivity index (χ0v) is 7.53. The lowest BCUT2D eigenvalue weighted by atomic mass is 10.2. The summed E-state index contributed by atoms with van der Waals surface area (Å²) in [6.07, 6.45) is 0. The van der Waals surface area contributed by atoms with Gasteiger partial charge in [-0.25, -0.2) is 4.39 Å². The maximum absolute atomic E-state index is 12.7. The van der Waals surface area contributed by atoms with E-state index in [0.29, 0.717) is 5.75 Å². The molecule has 5 heteroatoms. The topological polar surface area (TPSA) is 29.4 Å². The smallest absolute Gasteiger partial charge is 0.152 e. The average molecular weight is 206 g/mol. The molecule has 0 aliphatic carbocycles. The third kappa shape index (κ3) is 2.19. The maximum Gasteiger partial charge on any atom is 0.152 e. The number of hydrogen-bond donors (Lipinski definition) is 0. The minimum absolute atomic E-state index is 0.168. The van der Waals surface area contributed by atoms with Crippen molar-refractivity contribution in [1.29, 1.82) is 0 Å². The highest BCUT2D eigenvalue weighted by atomic mass is 35.7. The SMILES string of the molecule is O=Nc1cc(CSCl)ccc1F. The Morgan fingerprint density at radius 2 is 2.33 bits per heavy atom. The summed E-state index contributed by atoms with van der Waals surface area (Å²) < 4.78 is 12.7. The van der Waals surface area contributed by atoms with Gasteiger partial charge in [-0.2, -0.15) is 0 Å². The molecule has 0 spiro atoms. The fourth-order valence-corrected chi connectivity index (χ4v) is 1.46. The zero-order valence-electron chi connectivity index (χ0n) is 5.96. The van der Waals surface area contributed by atoms with Crippen molar-refractivity contribution < 1.29 is 4.39 Å². The first kappa shape index (κ1) is 9.48. The van der Waals surface area contributed by atoms with Crippen LogP contribution in [0.5, 0.6) is 0 Å². The van der Waals surface area contributed by atoms with E-state index in [1.54, 1.807) is 6.07 Å². The second-order valence-electron chi connectivity index (χ2n) is 2.13. The van der Waals surface area contributed by atoms with E-state index in [1.165, 1.54) is 12.1 Å². The zero-order chi connectivity index (χ0) is 8.97. The van der Waals surface area contributed by atoms with Crippen molar-refractivity contribution in [3.8, 4) is 0 Å². The predicted octanol–water partition coefficient (Wildman–Crippen LogP) is 3.61. The van der Waals surface area contributed by atoms with Crippen molar-refractivity contribution in [1.82, 2.24) is 0 Å². The van der Waals surface area contributed by atoms with Crippen LogP contribution >= 0.6 is 21.7 Å². The third-order valence-electron chi connectivity index (χ3n) is 1.33. The average Bonchev–Trinajstić information content (AvgIpc) is 2.09. The molecule has 0 saturated carbocycles. The summed E-state index contributed by atoms with van der Waals surface area (Å²) in [5.41, 5.74) is 0.615. The molecule has 0 amide bonds. The molecule has 0 bridgehead atoms. The van der Waals surface area contributed by atoms with Crippen molar-refractivity contribution in [2.75, 3.05) is 0 Å². The first-order valence-electron chi connectivity index (χ1n) is 3.13. The van der Waals surface area contributed by atoms with Gasteiger partial charge in [0.25, 0.3) is 0 Å². The van der Waals surface area contributed by atoms with Crippen LogP contribution in [0.2, 0.25) is 0 Å². The minimum Gasteiger partial charge on any atom is -0.204 e. The van der Waals surface area contributed by atoms with Gasteiger partial charge in [0.15, 0.2) is 5.82 Å². The molecule has 0 fully saturated rings. The van der Waals surface area contributed by atoms with Crippen molar-refractivity contribution >= 4 is 27.3 Å². The van der Waals surface area contributed by atoms with Gasteiger partial charge in [-0.15, -0.1) is 4.91 Å². The summed E-state index contributed by atoms with van der Waals surface area (Å²) in [6, 6.07) is 4.16. The number of hydrogen-bond acceptors (Lipinski definition) is 3. The molecular formula is C7H5ClFNOS. The summed E-state index contributed by atoms with van der Waals surface area (Å²) in [5.74, 6) is -0.0713. The largest absolute Gasteiger partial charge is 0.204 e. The molecule has 0 atom stereocenters. The Morgan fingerprint density at radius 1 is 1.58 bits per heavy atom. The molecule has 1 aromatic rings. The van der Waals surface area contributed by atoms with Gasteiger partial charge in [-0.05, 0) is 33.6 Å². The van der Waals surface area contributed by atoms with Gasteiger partial charge in [-0.3, -0.25) is 0 Å². The Balaban J connectivity index is 2.96. The van der Waals surface area contributed by atoms with Gasteiger partial charge in [0.05, 0.1) is 0 Å². The molecule has 0 aliphatic rings. The van der Waals surface area contributed by atoms with Crippen LogP contribution in [-0.4, -0.2) is 0 Å². The first-order valence-corrected chi connectivity index (χ1v) is 4.94. The Morgan fingerprint density at radius 3 is 2.92 bits per heavy atom. The fraction of sp³-hybridized carbons (Fsp3) is 0.143. The monoisotopic (exact) mass is 205 g/mol. The lowest BCUT2D eigenvalue weighted by Crippen LogP contribution is -1.80. The van der Waals surface area contributed by atoms with E-state index >= 15 is 0 Å². The molecule has 1 rings (SSSR count). The molecule has 2 nitrogen and oxygen atoms in total. The van der Waals surface area contributed by atoms with Gasteiger partial charge in [0.2, 0.25) is 0 Å². The van der Waals surface area contributed by atoms with Crippen molar-refractivity contribution in [3.05, 3.63) is 34.5 Å². The molecule has 64 valence electrons. The third-order valence-corrected chi connectivity index (χ3v) is 2.10. The van der Waals surface area contributed by atoms with Crippen LogP contribution in [0.3, 0.4) is 0 Å². The number of halogens is 2. The van der Waals surface area contributed by atoms with E-state index in [4.69, 9.17) is 10.7 Å². The molecular weight excluding hydrogens is 201 g/mol. The van der Waals surface area contributed by atoms with Gasteiger partial charge in [0.1, 0.15) is 5.69 Å². The fourth-order valence-electron chi connectivity index (χ4n) is 0.781. The standard InChI is InChI=1S/C7H5ClFNOS/c8-12-4-5-1-2-6(9)7(3-5)10-11/h1-3H,4H2. The number of nitrogens with zero attached hydrogens (tertiary/aromatic N) is 1. The van der Waals surface area contributed by atoms with E-state index in [9.17, 15) is 9.30 Å². The van der Waals surface area contributed by atoms with Crippen LogP contribution in [0.1, 0.15) is 5.56 Å². The van der Waals surface area contributed by atoms with Crippen molar-refractivity contribution in [2.24, 2.45) is 5.18 Å². The summed E-state index contributed by atoms with van der Waals surface area (Å²) >= 11 is 0. The molecule has 1 aromatic carbocycles. The van der Waals surface area contributed by atoms with Crippen LogP contribution in [0.25, 0.3) is 0 Å². The van der Waals surface area contributed by atoms with Gasteiger partial charge in [-0.1, -0.05) is 17.0 Å². The Labute approximate surface area is 77.6 Å². The lowest BCUT2D eigenvalue weighted by molar-refractivity contribution is 0.629. The highest BCUT2D eigenvalue weighted by molar-refractivity contribution is 8.20. The first-order chi connectivity index (χ1) is 5.77. The molecule has 12 heavy (non-hydrogen) atoms. The normalized spacial score (nSPS) is 9.83. The number of rotatable bonds is 3. The molecule has 0 radical (unpaired) electrons. The van der Waals surface area contributed by atoms with E-state index in [2.05, 4.69) is 5.18 Å². The molecule has 0 aliphatic heterocycles.